The van der Waals surface area contributed by atoms with Gasteiger partial charge in [0, 0.05) is 5.02 Å². The number of primary amides is 1. The fraction of sp³-hybridized carbons (Fsp3) is 0.250. The van der Waals surface area contributed by atoms with Crippen molar-refractivity contribution in [2.75, 3.05) is 0 Å². The lowest BCUT2D eigenvalue weighted by Gasteiger charge is -2.12. The zero-order valence-corrected chi connectivity index (χ0v) is 9.84. The average Bonchev–Trinajstić information content (AvgIpc) is 2.20. The third kappa shape index (κ3) is 3.18. The van der Waals surface area contributed by atoms with E-state index in [0.717, 1.165) is 0 Å². The lowest BCUT2D eigenvalue weighted by atomic mass is 10.2. The van der Waals surface area contributed by atoms with Crippen molar-refractivity contribution < 1.29 is 9.53 Å². The van der Waals surface area contributed by atoms with E-state index in [4.69, 9.17) is 22.1 Å². The maximum Gasteiger partial charge on any atom is 0.252 e. The molecule has 0 aliphatic heterocycles. The number of halogens is 1. The molecule has 3 nitrogen and oxygen atoms in total. The first kappa shape index (κ1) is 12.4. The summed E-state index contributed by atoms with van der Waals surface area (Å²) in [5.74, 6) is 5.37. The van der Waals surface area contributed by atoms with Crippen molar-refractivity contribution in [3.63, 3.8) is 0 Å². The van der Waals surface area contributed by atoms with Gasteiger partial charge in [-0.15, -0.1) is 5.92 Å². The molecule has 84 valence electrons. The number of amides is 1. The standard InChI is InChI=1S/C12H12ClNO2/c1-3-4-8(2)16-11-6-5-9(13)7-10(11)12(14)15/h5-8H,1-2H3,(H2,14,15). The summed E-state index contributed by atoms with van der Waals surface area (Å²) in [4.78, 5) is 11.2. The van der Waals surface area contributed by atoms with Gasteiger partial charge in [-0.2, -0.15) is 0 Å². The van der Waals surface area contributed by atoms with Crippen LogP contribution in [0.2, 0.25) is 5.02 Å². The van der Waals surface area contributed by atoms with Gasteiger partial charge in [0.25, 0.3) is 5.91 Å². The van der Waals surface area contributed by atoms with Crippen LogP contribution in [0.15, 0.2) is 18.2 Å². The van der Waals surface area contributed by atoms with E-state index in [1.807, 2.05) is 0 Å². The first-order chi connectivity index (χ1) is 7.54. The van der Waals surface area contributed by atoms with E-state index in [-0.39, 0.29) is 11.7 Å². The summed E-state index contributed by atoms with van der Waals surface area (Å²) >= 11 is 5.77. The lowest BCUT2D eigenvalue weighted by Crippen LogP contribution is -2.16. The van der Waals surface area contributed by atoms with E-state index in [9.17, 15) is 4.79 Å². The monoisotopic (exact) mass is 237 g/mol. The van der Waals surface area contributed by atoms with Gasteiger partial charge in [-0.25, -0.2) is 0 Å². The first-order valence-electron chi connectivity index (χ1n) is 4.73. The van der Waals surface area contributed by atoms with Gasteiger partial charge in [0.1, 0.15) is 5.75 Å². The molecule has 0 fully saturated rings. The van der Waals surface area contributed by atoms with Gasteiger partial charge in [0.05, 0.1) is 5.56 Å². The molecule has 0 heterocycles. The van der Waals surface area contributed by atoms with Crippen molar-refractivity contribution in [2.24, 2.45) is 5.73 Å². The van der Waals surface area contributed by atoms with E-state index >= 15 is 0 Å². The summed E-state index contributed by atoms with van der Waals surface area (Å²) in [6, 6.07) is 4.72. The smallest absolute Gasteiger partial charge is 0.252 e. The van der Waals surface area contributed by atoms with Crippen LogP contribution in [-0.4, -0.2) is 12.0 Å². The molecule has 0 aliphatic rings. The number of hydrogen-bond acceptors (Lipinski definition) is 2. The maximum absolute atomic E-state index is 11.2. The van der Waals surface area contributed by atoms with Crippen molar-refractivity contribution in [1.82, 2.24) is 0 Å². The molecule has 1 aromatic rings. The highest BCUT2D eigenvalue weighted by molar-refractivity contribution is 6.31. The molecule has 0 bridgehead atoms. The zero-order valence-electron chi connectivity index (χ0n) is 9.08. The minimum Gasteiger partial charge on any atom is -0.477 e. The van der Waals surface area contributed by atoms with Gasteiger partial charge in [0.2, 0.25) is 0 Å². The largest absolute Gasteiger partial charge is 0.477 e. The fourth-order valence-electron chi connectivity index (χ4n) is 1.22. The predicted octanol–water partition coefficient (Wildman–Crippen LogP) is 2.23. The molecule has 1 unspecified atom stereocenters. The number of hydrogen-bond donors (Lipinski definition) is 1. The third-order valence-electron chi connectivity index (χ3n) is 1.86. The maximum atomic E-state index is 11.2. The SMILES string of the molecule is CC#CC(C)Oc1ccc(Cl)cc1C(N)=O. The molecule has 2 N–H and O–H groups in total. The van der Waals surface area contributed by atoms with Crippen LogP contribution in [0.4, 0.5) is 0 Å². The second-order valence-corrected chi connectivity index (χ2v) is 3.60. The highest BCUT2D eigenvalue weighted by atomic mass is 35.5. The Hall–Kier alpha value is -1.66. The molecule has 1 atom stereocenters. The average molecular weight is 238 g/mol. The summed E-state index contributed by atoms with van der Waals surface area (Å²) in [5.41, 5.74) is 5.48. The Morgan fingerprint density at radius 2 is 2.25 bits per heavy atom. The Morgan fingerprint density at radius 1 is 1.56 bits per heavy atom. The molecular weight excluding hydrogens is 226 g/mol. The number of rotatable bonds is 3. The molecule has 0 aromatic heterocycles. The molecule has 1 amide bonds. The van der Waals surface area contributed by atoms with Crippen molar-refractivity contribution in [1.29, 1.82) is 0 Å². The second-order valence-electron chi connectivity index (χ2n) is 3.16. The minimum atomic E-state index is -0.575. The zero-order chi connectivity index (χ0) is 12.1. The number of ether oxygens (including phenoxy) is 1. The topological polar surface area (TPSA) is 52.3 Å². The molecular formula is C12H12ClNO2. The molecule has 4 heteroatoms. The van der Waals surface area contributed by atoms with Crippen LogP contribution in [-0.2, 0) is 0 Å². The van der Waals surface area contributed by atoms with Gasteiger partial charge in [-0.3, -0.25) is 4.79 Å². The van der Waals surface area contributed by atoms with Gasteiger partial charge >= 0.3 is 0 Å². The Kier molecular flexibility index (Phi) is 4.21. The van der Waals surface area contributed by atoms with Crippen LogP contribution in [0.25, 0.3) is 0 Å². The molecule has 0 saturated carbocycles. The fourth-order valence-corrected chi connectivity index (χ4v) is 1.39. The van der Waals surface area contributed by atoms with E-state index in [1.54, 1.807) is 26.0 Å². The van der Waals surface area contributed by atoms with E-state index < -0.39 is 5.91 Å². The van der Waals surface area contributed by atoms with Gasteiger partial charge in [-0.1, -0.05) is 17.5 Å². The number of carbonyl (C=O) groups excluding carboxylic acids is 1. The number of benzene rings is 1. The highest BCUT2D eigenvalue weighted by Gasteiger charge is 2.11. The Bertz CT molecular complexity index is 460. The number of carbonyl (C=O) groups is 1. The minimum absolute atomic E-state index is 0.261. The van der Waals surface area contributed by atoms with Gasteiger partial charge in [0.15, 0.2) is 6.10 Å². The summed E-state index contributed by atoms with van der Waals surface area (Å²) in [5, 5.41) is 0.440. The highest BCUT2D eigenvalue weighted by Crippen LogP contribution is 2.23. The van der Waals surface area contributed by atoms with E-state index in [1.165, 1.54) is 6.07 Å². The Balaban J connectivity index is 3.02. The second kappa shape index (κ2) is 5.43. The molecule has 0 aliphatic carbocycles. The summed E-state index contributed by atoms with van der Waals surface area (Å²) in [7, 11) is 0. The van der Waals surface area contributed by atoms with Crippen molar-refractivity contribution in [3.05, 3.63) is 28.8 Å². The van der Waals surface area contributed by atoms with Crippen LogP contribution in [0.3, 0.4) is 0 Å². The normalized spacial score (nSPS) is 11.2. The van der Waals surface area contributed by atoms with Crippen molar-refractivity contribution >= 4 is 17.5 Å². The molecule has 0 radical (unpaired) electrons. The van der Waals surface area contributed by atoms with Crippen molar-refractivity contribution in [2.45, 2.75) is 20.0 Å². The molecule has 16 heavy (non-hydrogen) atoms. The number of nitrogens with two attached hydrogens (primary N) is 1. The predicted molar refractivity (Wildman–Crippen MR) is 63.5 cm³/mol. The van der Waals surface area contributed by atoms with Crippen LogP contribution in [0.1, 0.15) is 24.2 Å². The molecule has 1 aromatic carbocycles. The summed E-state index contributed by atoms with van der Waals surface area (Å²) in [6.45, 7) is 3.51. The van der Waals surface area contributed by atoms with Crippen LogP contribution in [0.5, 0.6) is 5.75 Å². The molecule has 0 saturated heterocycles. The van der Waals surface area contributed by atoms with E-state index in [2.05, 4.69) is 11.8 Å². The summed E-state index contributed by atoms with van der Waals surface area (Å²) < 4.78 is 5.47. The summed E-state index contributed by atoms with van der Waals surface area (Å²) in [6.07, 6.45) is -0.302. The van der Waals surface area contributed by atoms with Gasteiger partial charge < -0.3 is 10.5 Å². The molecule has 1 rings (SSSR count). The van der Waals surface area contributed by atoms with Gasteiger partial charge in [-0.05, 0) is 32.0 Å². The Labute approximate surface area is 99.5 Å². The van der Waals surface area contributed by atoms with Crippen molar-refractivity contribution in [3.8, 4) is 17.6 Å². The van der Waals surface area contributed by atoms with E-state index in [0.29, 0.717) is 10.8 Å². The first-order valence-corrected chi connectivity index (χ1v) is 5.10. The quantitative estimate of drug-likeness (QED) is 0.820. The van der Waals surface area contributed by atoms with Crippen LogP contribution in [0, 0.1) is 11.8 Å². The van der Waals surface area contributed by atoms with Crippen LogP contribution < -0.4 is 10.5 Å². The Morgan fingerprint density at radius 3 is 2.81 bits per heavy atom. The third-order valence-corrected chi connectivity index (χ3v) is 2.09. The lowest BCUT2D eigenvalue weighted by molar-refractivity contribution is 0.0995. The molecule has 0 spiro atoms. The van der Waals surface area contributed by atoms with Crippen LogP contribution >= 0.6 is 11.6 Å².